The Hall–Kier alpha value is -2.77. The van der Waals surface area contributed by atoms with Crippen LogP contribution in [-0.4, -0.2) is 24.9 Å². The largest absolute Gasteiger partial charge is 0.343 e. The third-order valence-corrected chi connectivity index (χ3v) is 5.32. The number of benzene rings is 1. The monoisotopic (exact) mass is 341 g/mol. The van der Waals surface area contributed by atoms with Gasteiger partial charge in [0, 0.05) is 13.0 Å². The second-order valence-electron chi connectivity index (χ2n) is 6.84. The third-order valence-electron chi connectivity index (χ3n) is 5.32. The van der Waals surface area contributed by atoms with E-state index in [2.05, 4.69) is 20.3 Å². The molecule has 0 radical (unpaired) electrons. The Morgan fingerprint density at radius 1 is 1.28 bits per heavy atom. The summed E-state index contributed by atoms with van der Waals surface area (Å²) in [6, 6.07) is 6.50. The fourth-order valence-electron chi connectivity index (χ4n) is 3.68. The molecule has 128 valence electrons. The number of aromatic amines is 1. The molecule has 1 aromatic carbocycles. The van der Waals surface area contributed by atoms with E-state index in [1.165, 1.54) is 12.1 Å². The van der Waals surface area contributed by atoms with Crippen LogP contribution in [0.15, 0.2) is 33.6 Å². The molecule has 5 rings (SSSR count). The minimum absolute atomic E-state index is 0.00747. The number of aromatic nitrogens is 5. The lowest BCUT2D eigenvalue weighted by molar-refractivity contribution is 0.311. The van der Waals surface area contributed by atoms with Gasteiger partial charge in [0.25, 0.3) is 0 Å². The second-order valence-corrected chi connectivity index (χ2v) is 6.84. The summed E-state index contributed by atoms with van der Waals surface area (Å²) in [5.74, 6) is 1.73. The van der Waals surface area contributed by atoms with Gasteiger partial charge in [0.15, 0.2) is 5.82 Å². The van der Waals surface area contributed by atoms with E-state index in [4.69, 9.17) is 4.52 Å². The minimum Gasteiger partial charge on any atom is -0.339 e. The number of hydrogen-bond donors (Lipinski definition) is 1. The fourth-order valence-corrected chi connectivity index (χ4v) is 3.68. The molecule has 1 aliphatic carbocycles. The van der Waals surface area contributed by atoms with Gasteiger partial charge in [0.05, 0.1) is 11.3 Å². The van der Waals surface area contributed by atoms with Crippen LogP contribution in [0.1, 0.15) is 48.3 Å². The molecule has 1 atom stereocenters. The molecule has 25 heavy (non-hydrogen) atoms. The molecule has 3 heterocycles. The first-order chi connectivity index (χ1) is 12.2. The Morgan fingerprint density at radius 2 is 2.08 bits per heavy atom. The third kappa shape index (κ3) is 2.24. The topological polar surface area (TPSA) is 89.6 Å². The Kier molecular flexibility index (Phi) is 2.98. The molecule has 1 saturated carbocycles. The summed E-state index contributed by atoms with van der Waals surface area (Å²) < 4.78 is 20.3. The highest BCUT2D eigenvalue weighted by Crippen LogP contribution is 2.52. The lowest BCUT2D eigenvalue weighted by atomic mass is 9.95. The molecule has 0 bridgehead atoms. The van der Waals surface area contributed by atoms with Crippen LogP contribution in [0.5, 0.6) is 0 Å². The standard InChI is InChI=1S/C17H16FN5O2/c18-12-4-2-11(3-5-12)17(7-8-17)15-19-14(25-22-15)10-1-6-13-20-21-16(24)23(13)9-10/h2-5,10H,1,6-9H2,(H,21,24). The van der Waals surface area contributed by atoms with Crippen molar-refractivity contribution in [1.82, 2.24) is 24.9 Å². The number of nitrogens with one attached hydrogen (secondary N) is 1. The van der Waals surface area contributed by atoms with E-state index >= 15 is 0 Å². The lowest BCUT2D eigenvalue weighted by Crippen LogP contribution is -2.27. The number of nitrogens with zero attached hydrogens (tertiary/aromatic N) is 4. The average Bonchev–Trinajstić information content (AvgIpc) is 3.13. The number of rotatable bonds is 3. The van der Waals surface area contributed by atoms with Crippen LogP contribution in [0.4, 0.5) is 4.39 Å². The van der Waals surface area contributed by atoms with Crippen LogP contribution >= 0.6 is 0 Å². The van der Waals surface area contributed by atoms with Gasteiger partial charge in [-0.1, -0.05) is 17.3 Å². The SMILES string of the molecule is O=c1[nH]nc2n1CC(c1nc(C3(c4ccc(F)cc4)CC3)no1)CC2. The summed E-state index contributed by atoms with van der Waals surface area (Å²) in [6.45, 7) is 0.496. The van der Waals surface area contributed by atoms with Crippen LogP contribution in [0, 0.1) is 5.82 Å². The summed E-state index contributed by atoms with van der Waals surface area (Å²) in [7, 11) is 0. The van der Waals surface area contributed by atoms with Crippen molar-refractivity contribution in [3.8, 4) is 0 Å². The van der Waals surface area contributed by atoms with Crippen molar-refractivity contribution in [2.24, 2.45) is 0 Å². The molecular formula is C17H16FN5O2. The van der Waals surface area contributed by atoms with Gasteiger partial charge in [0.2, 0.25) is 5.89 Å². The van der Waals surface area contributed by atoms with Gasteiger partial charge >= 0.3 is 5.69 Å². The molecule has 1 aliphatic heterocycles. The zero-order chi connectivity index (χ0) is 17.0. The maximum absolute atomic E-state index is 13.2. The van der Waals surface area contributed by atoms with Crippen molar-refractivity contribution < 1.29 is 8.91 Å². The van der Waals surface area contributed by atoms with Crippen LogP contribution in [0.25, 0.3) is 0 Å². The highest BCUT2D eigenvalue weighted by Gasteiger charge is 2.50. The molecule has 3 aromatic rings. The summed E-state index contributed by atoms with van der Waals surface area (Å²) in [6.07, 6.45) is 3.36. The molecule has 2 aromatic heterocycles. The van der Waals surface area contributed by atoms with Gasteiger partial charge < -0.3 is 4.52 Å². The van der Waals surface area contributed by atoms with E-state index in [1.54, 1.807) is 16.7 Å². The molecule has 7 nitrogen and oxygen atoms in total. The second kappa shape index (κ2) is 5.11. The number of fused-ring (bicyclic) bond motifs is 1. The zero-order valence-corrected chi connectivity index (χ0v) is 13.4. The van der Waals surface area contributed by atoms with Gasteiger partial charge in [-0.25, -0.2) is 14.3 Å². The van der Waals surface area contributed by atoms with E-state index in [-0.39, 0.29) is 22.8 Å². The number of H-pyrrole nitrogens is 1. The predicted molar refractivity (Wildman–Crippen MR) is 84.6 cm³/mol. The van der Waals surface area contributed by atoms with E-state index in [1.807, 2.05) is 0 Å². The van der Waals surface area contributed by atoms with E-state index in [0.29, 0.717) is 24.7 Å². The molecule has 0 saturated heterocycles. The predicted octanol–water partition coefficient (Wildman–Crippen LogP) is 1.90. The van der Waals surface area contributed by atoms with Crippen LogP contribution in [0.2, 0.25) is 0 Å². The van der Waals surface area contributed by atoms with Gasteiger partial charge in [-0.2, -0.15) is 10.1 Å². The molecule has 2 aliphatic rings. The molecule has 8 heteroatoms. The molecule has 1 unspecified atom stereocenters. The first-order valence-corrected chi connectivity index (χ1v) is 8.40. The smallest absolute Gasteiger partial charge is 0.339 e. The van der Waals surface area contributed by atoms with Crippen LogP contribution in [-0.2, 0) is 18.4 Å². The van der Waals surface area contributed by atoms with Gasteiger partial charge in [-0.15, -0.1) is 0 Å². The normalized spacial score (nSPS) is 21.1. The van der Waals surface area contributed by atoms with Crippen LogP contribution < -0.4 is 5.69 Å². The summed E-state index contributed by atoms with van der Waals surface area (Å²) in [5, 5.41) is 10.7. The summed E-state index contributed by atoms with van der Waals surface area (Å²) in [5.41, 5.74) is 0.546. The van der Waals surface area contributed by atoms with Crippen molar-refractivity contribution in [2.75, 3.05) is 0 Å². The molecule has 0 spiro atoms. The molecule has 0 amide bonds. The first-order valence-electron chi connectivity index (χ1n) is 8.40. The van der Waals surface area contributed by atoms with Crippen molar-refractivity contribution in [3.05, 3.63) is 63.7 Å². The Bertz CT molecular complexity index is 983. The lowest BCUT2D eigenvalue weighted by Gasteiger charge is -2.19. The van der Waals surface area contributed by atoms with Crippen molar-refractivity contribution >= 4 is 0 Å². The first kappa shape index (κ1) is 14.6. The summed E-state index contributed by atoms with van der Waals surface area (Å²) >= 11 is 0. The number of aryl methyl sites for hydroxylation is 1. The van der Waals surface area contributed by atoms with Crippen molar-refractivity contribution in [1.29, 1.82) is 0 Å². The number of halogens is 1. The quantitative estimate of drug-likeness (QED) is 0.786. The average molecular weight is 341 g/mol. The maximum atomic E-state index is 13.2. The van der Waals surface area contributed by atoms with E-state index in [9.17, 15) is 9.18 Å². The minimum atomic E-state index is -0.262. The highest BCUT2D eigenvalue weighted by atomic mass is 19.1. The van der Waals surface area contributed by atoms with Crippen molar-refractivity contribution in [3.63, 3.8) is 0 Å². The Balaban J connectivity index is 1.44. The Labute approximate surface area is 141 Å². The van der Waals surface area contributed by atoms with Gasteiger partial charge in [0.1, 0.15) is 11.6 Å². The highest BCUT2D eigenvalue weighted by molar-refractivity contribution is 5.39. The number of hydrogen-bond acceptors (Lipinski definition) is 5. The Morgan fingerprint density at radius 3 is 2.84 bits per heavy atom. The molecule has 1 N–H and O–H groups in total. The van der Waals surface area contributed by atoms with Gasteiger partial charge in [-0.05, 0) is 37.0 Å². The summed E-state index contributed by atoms with van der Waals surface area (Å²) in [4.78, 5) is 16.4. The fraction of sp³-hybridized carbons (Fsp3) is 0.412. The maximum Gasteiger partial charge on any atom is 0.343 e. The molecule has 1 fully saturated rings. The van der Waals surface area contributed by atoms with Crippen molar-refractivity contribution in [2.45, 2.75) is 43.6 Å². The van der Waals surface area contributed by atoms with Gasteiger partial charge in [-0.3, -0.25) is 4.57 Å². The van der Waals surface area contributed by atoms with E-state index in [0.717, 1.165) is 30.7 Å². The van der Waals surface area contributed by atoms with Crippen LogP contribution in [0.3, 0.4) is 0 Å². The molecular weight excluding hydrogens is 325 g/mol. The van der Waals surface area contributed by atoms with E-state index < -0.39 is 0 Å². The zero-order valence-electron chi connectivity index (χ0n) is 13.4.